The zero-order chi connectivity index (χ0) is 17.5. The third-order valence-electron chi connectivity index (χ3n) is 3.69. The molecule has 0 unspecified atom stereocenters. The molecule has 0 fully saturated rings. The highest BCUT2D eigenvalue weighted by molar-refractivity contribution is 6.39. The Kier molecular flexibility index (Phi) is 5.84. The number of benzene rings is 2. The van der Waals surface area contributed by atoms with Gasteiger partial charge in [-0.15, -0.1) is 0 Å². The summed E-state index contributed by atoms with van der Waals surface area (Å²) in [5.41, 5.74) is 6.76. The molecule has 2 aromatic rings. The van der Waals surface area contributed by atoms with Gasteiger partial charge in [0.25, 0.3) is 0 Å². The van der Waals surface area contributed by atoms with Gasteiger partial charge >= 0.3 is 11.8 Å². The molecular formula is C19H21N3O2. The van der Waals surface area contributed by atoms with Crippen LogP contribution in [0.15, 0.2) is 47.6 Å². The Hall–Kier alpha value is -2.95. The lowest BCUT2D eigenvalue weighted by Gasteiger charge is -2.10. The molecule has 0 atom stereocenters. The number of hydrogen-bond acceptors (Lipinski definition) is 3. The number of carbonyl (C=O) groups excluding carboxylic acids is 2. The Labute approximate surface area is 141 Å². The fraction of sp³-hybridized carbons (Fsp3) is 0.211. The van der Waals surface area contributed by atoms with E-state index in [1.165, 1.54) is 11.8 Å². The van der Waals surface area contributed by atoms with E-state index < -0.39 is 11.8 Å². The summed E-state index contributed by atoms with van der Waals surface area (Å²) in [7, 11) is 0. The molecule has 0 aromatic heterocycles. The molecule has 2 aromatic carbocycles. The van der Waals surface area contributed by atoms with Crippen LogP contribution < -0.4 is 10.7 Å². The molecular weight excluding hydrogens is 302 g/mol. The average Bonchev–Trinajstić information content (AvgIpc) is 2.58. The highest BCUT2D eigenvalue weighted by Gasteiger charge is 2.14. The van der Waals surface area contributed by atoms with E-state index in [1.54, 1.807) is 0 Å². The summed E-state index contributed by atoms with van der Waals surface area (Å²) in [6.45, 7) is 5.83. The van der Waals surface area contributed by atoms with Gasteiger partial charge in [-0.25, -0.2) is 5.43 Å². The van der Waals surface area contributed by atoms with Gasteiger partial charge in [0.15, 0.2) is 0 Å². The van der Waals surface area contributed by atoms with Crippen molar-refractivity contribution in [3.05, 3.63) is 64.7 Å². The van der Waals surface area contributed by atoms with Crippen LogP contribution in [0, 0.1) is 13.8 Å². The molecule has 124 valence electrons. The first-order chi connectivity index (χ1) is 11.5. The lowest BCUT2D eigenvalue weighted by atomic mass is 10.1. The molecule has 0 aliphatic heterocycles. The maximum Gasteiger partial charge on any atom is 0.329 e. The third-order valence-corrected chi connectivity index (χ3v) is 3.69. The van der Waals surface area contributed by atoms with E-state index in [9.17, 15) is 9.59 Å². The summed E-state index contributed by atoms with van der Waals surface area (Å²) in [6, 6.07) is 13.5. The van der Waals surface area contributed by atoms with Crippen LogP contribution in [0.4, 0.5) is 5.69 Å². The predicted molar refractivity (Wildman–Crippen MR) is 96.1 cm³/mol. The molecule has 5 nitrogen and oxygen atoms in total. The van der Waals surface area contributed by atoms with E-state index in [-0.39, 0.29) is 0 Å². The minimum absolute atomic E-state index is 0.650. The third kappa shape index (κ3) is 4.52. The van der Waals surface area contributed by atoms with E-state index in [1.807, 2.05) is 56.3 Å². The summed E-state index contributed by atoms with van der Waals surface area (Å²) in [5, 5.41) is 6.44. The van der Waals surface area contributed by atoms with Crippen molar-refractivity contribution in [2.75, 3.05) is 5.32 Å². The fourth-order valence-corrected chi connectivity index (χ4v) is 2.24. The summed E-state index contributed by atoms with van der Waals surface area (Å²) >= 11 is 0. The van der Waals surface area contributed by atoms with Gasteiger partial charge in [-0.3, -0.25) is 9.59 Å². The minimum atomic E-state index is -0.806. The van der Waals surface area contributed by atoms with E-state index in [2.05, 4.69) is 22.8 Å². The number of hydrazone groups is 1. The Balaban J connectivity index is 1.94. The molecule has 0 saturated heterocycles. The molecule has 0 spiro atoms. The number of anilines is 1. The van der Waals surface area contributed by atoms with Gasteiger partial charge in [-0.1, -0.05) is 49.4 Å². The smallest absolute Gasteiger partial charge is 0.317 e. The number of rotatable bonds is 4. The maximum atomic E-state index is 11.9. The maximum absolute atomic E-state index is 11.9. The van der Waals surface area contributed by atoms with E-state index in [0.29, 0.717) is 5.69 Å². The van der Waals surface area contributed by atoms with Crippen LogP contribution in [0.25, 0.3) is 0 Å². The Morgan fingerprint density at radius 1 is 1.00 bits per heavy atom. The predicted octanol–water partition coefficient (Wildman–Crippen LogP) is 2.95. The lowest BCUT2D eigenvalue weighted by Crippen LogP contribution is -2.32. The molecule has 0 aliphatic carbocycles. The monoisotopic (exact) mass is 323 g/mol. The summed E-state index contributed by atoms with van der Waals surface area (Å²) in [4.78, 5) is 23.8. The van der Waals surface area contributed by atoms with Gasteiger partial charge < -0.3 is 5.32 Å². The van der Waals surface area contributed by atoms with Crippen molar-refractivity contribution in [3.8, 4) is 0 Å². The van der Waals surface area contributed by atoms with Crippen molar-refractivity contribution < 1.29 is 9.59 Å². The summed E-state index contributed by atoms with van der Waals surface area (Å²) in [6.07, 6.45) is 2.47. The van der Waals surface area contributed by atoms with Gasteiger partial charge in [0.2, 0.25) is 0 Å². The normalized spacial score (nSPS) is 10.6. The Morgan fingerprint density at radius 2 is 1.62 bits per heavy atom. The SMILES string of the molecule is CCc1ccc(C=NNC(=O)C(=O)Nc2c(C)cccc2C)cc1. The number of amides is 2. The van der Waals surface area contributed by atoms with Gasteiger partial charge in [0.05, 0.1) is 6.21 Å². The van der Waals surface area contributed by atoms with Crippen LogP contribution in [0.2, 0.25) is 0 Å². The lowest BCUT2D eigenvalue weighted by molar-refractivity contribution is -0.136. The van der Waals surface area contributed by atoms with E-state index in [4.69, 9.17) is 0 Å². The number of para-hydroxylation sites is 1. The van der Waals surface area contributed by atoms with Crippen molar-refractivity contribution in [2.45, 2.75) is 27.2 Å². The van der Waals surface area contributed by atoms with Gasteiger partial charge in [0.1, 0.15) is 0 Å². The summed E-state index contributed by atoms with van der Waals surface area (Å²) in [5.74, 6) is -1.55. The second kappa shape index (κ2) is 8.06. The molecule has 0 heterocycles. The first-order valence-electron chi connectivity index (χ1n) is 7.80. The molecule has 24 heavy (non-hydrogen) atoms. The molecule has 0 aliphatic rings. The number of carbonyl (C=O) groups is 2. The van der Waals surface area contributed by atoms with Crippen molar-refractivity contribution in [2.24, 2.45) is 5.10 Å². The zero-order valence-corrected chi connectivity index (χ0v) is 14.1. The number of aryl methyl sites for hydroxylation is 3. The second-order valence-corrected chi connectivity index (χ2v) is 5.52. The van der Waals surface area contributed by atoms with Crippen molar-refractivity contribution in [1.82, 2.24) is 5.43 Å². The molecule has 0 radical (unpaired) electrons. The van der Waals surface area contributed by atoms with Crippen LogP contribution in [0.1, 0.15) is 29.2 Å². The number of nitrogens with zero attached hydrogens (tertiary/aromatic N) is 1. The van der Waals surface area contributed by atoms with Crippen LogP contribution in [0.5, 0.6) is 0 Å². The van der Waals surface area contributed by atoms with Crippen LogP contribution in [0.3, 0.4) is 0 Å². The van der Waals surface area contributed by atoms with Crippen LogP contribution in [-0.4, -0.2) is 18.0 Å². The molecule has 2 amide bonds. The van der Waals surface area contributed by atoms with Crippen molar-refractivity contribution in [3.63, 3.8) is 0 Å². The van der Waals surface area contributed by atoms with Gasteiger partial charge in [-0.05, 0) is 42.5 Å². The second-order valence-electron chi connectivity index (χ2n) is 5.52. The Morgan fingerprint density at radius 3 is 2.21 bits per heavy atom. The topological polar surface area (TPSA) is 70.6 Å². The quantitative estimate of drug-likeness (QED) is 0.516. The highest BCUT2D eigenvalue weighted by Crippen LogP contribution is 2.19. The highest BCUT2D eigenvalue weighted by atomic mass is 16.2. The fourth-order valence-electron chi connectivity index (χ4n) is 2.24. The van der Waals surface area contributed by atoms with E-state index >= 15 is 0 Å². The van der Waals surface area contributed by atoms with E-state index in [0.717, 1.165) is 23.1 Å². The van der Waals surface area contributed by atoms with Crippen molar-refractivity contribution in [1.29, 1.82) is 0 Å². The zero-order valence-electron chi connectivity index (χ0n) is 14.1. The first-order valence-corrected chi connectivity index (χ1v) is 7.80. The molecule has 0 bridgehead atoms. The van der Waals surface area contributed by atoms with Crippen LogP contribution in [-0.2, 0) is 16.0 Å². The average molecular weight is 323 g/mol. The standard InChI is InChI=1S/C19H21N3O2/c1-4-15-8-10-16(11-9-15)12-20-22-19(24)18(23)21-17-13(2)6-5-7-14(17)3/h5-12H,4H2,1-3H3,(H,21,23)(H,22,24). The Bertz CT molecular complexity index is 744. The largest absolute Gasteiger partial charge is 0.329 e. The number of nitrogens with one attached hydrogen (secondary N) is 2. The minimum Gasteiger partial charge on any atom is -0.317 e. The molecule has 5 heteroatoms. The van der Waals surface area contributed by atoms with Gasteiger partial charge in [0, 0.05) is 5.69 Å². The molecule has 2 rings (SSSR count). The number of hydrogen-bond donors (Lipinski definition) is 2. The first kappa shape index (κ1) is 17.4. The van der Waals surface area contributed by atoms with Crippen LogP contribution >= 0.6 is 0 Å². The summed E-state index contributed by atoms with van der Waals surface area (Å²) < 4.78 is 0. The van der Waals surface area contributed by atoms with Crippen molar-refractivity contribution >= 4 is 23.7 Å². The van der Waals surface area contributed by atoms with Gasteiger partial charge in [-0.2, -0.15) is 5.10 Å². The molecule has 0 saturated carbocycles. The molecule has 2 N–H and O–H groups in total.